The highest BCUT2D eigenvalue weighted by atomic mass is 16.5. The molecule has 8 heteroatoms. The number of carboxylic acid groups (broad SMARTS) is 1. The van der Waals surface area contributed by atoms with Gasteiger partial charge in [0.25, 0.3) is 0 Å². The van der Waals surface area contributed by atoms with E-state index in [9.17, 15) is 9.59 Å². The standard InChI is InChI=1S/C13H14N4O4/c1-8-15-11(17-21-8)7-14-13(20)16-10-4-2-3-9(5-10)6-12(18)19/h2-5H,6-7H2,1H3,(H,18,19)(H2,14,16,20). The molecule has 0 bridgehead atoms. The summed E-state index contributed by atoms with van der Waals surface area (Å²) in [7, 11) is 0. The van der Waals surface area contributed by atoms with Gasteiger partial charge in [0, 0.05) is 12.6 Å². The maximum Gasteiger partial charge on any atom is 0.319 e. The lowest BCUT2D eigenvalue weighted by molar-refractivity contribution is -0.136. The van der Waals surface area contributed by atoms with Crippen LogP contribution < -0.4 is 10.6 Å². The highest BCUT2D eigenvalue weighted by molar-refractivity contribution is 5.89. The van der Waals surface area contributed by atoms with Crippen LogP contribution >= 0.6 is 0 Å². The molecule has 2 amide bonds. The maximum atomic E-state index is 11.7. The monoisotopic (exact) mass is 290 g/mol. The summed E-state index contributed by atoms with van der Waals surface area (Å²) in [5.41, 5.74) is 1.12. The number of anilines is 1. The lowest BCUT2D eigenvalue weighted by atomic mass is 10.1. The van der Waals surface area contributed by atoms with E-state index < -0.39 is 12.0 Å². The first-order chi connectivity index (χ1) is 10.0. The first-order valence-electron chi connectivity index (χ1n) is 6.17. The molecule has 1 aromatic carbocycles. The minimum Gasteiger partial charge on any atom is -0.481 e. The Morgan fingerprint density at radius 2 is 2.19 bits per heavy atom. The Labute approximate surface area is 120 Å². The molecule has 0 atom stereocenters. The van der Waals surface area contributed by atoms with E-state index in [0.29, 0.717) is 23.0 Å². The number of amides is 2. The molecule has 8 nitrogen and oxygen atoms in total. The molecule has 1 aromatic heterocycles. The molecule has 21 heavy (non-hydrogen) atoms. The number of urea groups is 1. The van der Waals surface area contributed by atoms with E-state index in [1.165, 1.54) is 0 Å². The minimum absolute atomic E-state index is 0.0979. The van der Waals surface area contributed by atoms with Gasteiger partial charge in [-0.2, -0.15) is 4.98 Å². The highest BCUT2D eigenvalue weighted by Gasteiger charge is 2.07. The molecular formula is C13H14N4O4. The molecule has 0 aliphatic heterocycles. The van der Waals surface area contributed by atoms with Crippen LogP contribution in [0.1, 0.15) is 17.3 Å². The Morgan fingerprint density at radius 1 is 1.38 bits per heavy atom. The molecular weight excluding hydrogens is 276 g/mol. The SMILES string of the molecule is Cc1nc(CNC(=O)Nc2cccc(CC(=O)O)c2)no1. The van der Waals surface area contributed by atoms with Crippen LogP contribution in [0.4, 0.5) is 10.5 Å². The number of nitrogens with zero attached hydrogens (tertiary/aromatic N) is 2. The van der Waals surface area contributed by atoms with Crippen molar-refractivity contribution in [3.63, 3.8) is 0 Å². The summed E-state index contributed by atoms with van der Waals surface area (Å²) in [6.45, 7) is 1.79. The number of aryl methyl sites for hydroxylation is 1. The zero-order valence-electron chi connectivity index (χ0n) is 11.3. The summed E-state index contributed by atoms with van der Waals surface area (Å²) in [4.78, 5) is 26.3. The third-order valence-corrected chi connectivity index (χ3v) is 2.52. The first-order valence-corrected chi connectivity index (χ1v) is 6.17. The van der Waals surface area contributed by atoms with E-state index in [2.05, 4.69) is 20.8 Å². The van der Waals surface area contributed by atoms with Gasteiger partial charge in [-0.05, 0) is 17.7 Å². The van der Waals surface area contributed by atoms with Gasteiger partial charge in [0.2, 0.25) is 5.89 Å². The van der Waals surface area contributed by atoms with Crippen molar-refractivity contribution in [3.05, 3.63) is 41.5 Å². The molecule has 3 N–H and O–H groups in total. The van der Waals surface area contributed by atoms with Crippen LogP contribution in [0.15, 0.2) is 28.8 Å². The van der Waals surface area contributed by atoms with Crippen LogP contribution in [0.5, 0.6) is 0 Å². The van der Waals surface area contributed by atoms with Crippen molar-refractivity contribution in [1.82, 2.24) is 15.5 Å². The van der Waals surface area contributed by atoms with E-state index in [-0.39, 0.29) is 13.0 Å². The Morgan fingerprint density at radius 3 is 2.86 bits per heavy atom. The lowest BCUT2D eigenvalue weighted by Gasteiger charge is -2.07. The van der Waals surface area contributed by atoms with Crippen molar-refractivity contribution in [2.75, 3.05) is 5.32 Å². The molecule has 0 unspecified atom stereocenters. The average Bonchev–Trinajstić information content (AvgIpc) is 2.82. The Kier molecular flexibility index (Phi) is 4.50. The van der Waals surface area contributed by atoms with Crippen LogP contribution in [0.3, 0.4) is 0 Å². The zero-order valence-corrected chi connectivity index (χ0v) is 11.3. The Bertz CT molecular complexity index is 653. The molecule has 0 saturated carbocycles. The summed E-state index contributed by atoms with van der Waals surface area (Å²) in [5.74, 6) is -0.125. The van der Waals surface area contributed by atoms with Gasteiger partial charge < -0.3 is 20.3 Å². The van der Waals surface area contributed by atoms with Gasteiger partial charge >= 0.3 is 12.0 Å². The second-order valence-electron chi connectivity index (χ2n) is 4.31. The largest absolute Gasteiger partial charge is 0.481 e. The van der Waals surface area contributed by atoms with Crippen molar-refractivity contribution < 1.29 is 19.2 Å². The lowest BCUT2D eigenvalue weighted by Crippen LogP contribution is -2.28. The van der Waals surface area contributed by atoms with Crippen molar-refractivity contribution in [2.45, 2.75) is 19.9 Å². The van der Waals surface area contributed by atoms with E-state index in [1.807, 2.05) is 0 Å². The first kappa shape index (κ1) is 14.5. The third kappa shape index (κ3) is 4.60. The fourth-order valence-electron chi connectivity index (χ4n) is 1.68. The van der Waals surface area contributed by atoms with Gasteiger partial charge in [-0.3, -0.25) is 4.79 Å². The van der Waals surface area contributed by atoms with Gasteiger partial charge in [-0.1, -0.05) is 17.3 Å². The fraction of sp³-hybridized carbons (Fsp3) is 0.231. The number of aromatic nitrogens is 2. The summed E-state index contributed by atoms with van der Waals surface area (Å²) in [5, 5.41) is 17.6. The van der Waals surface area contributed by atoms with Gasteiger partial charge in [0.05, 0.1) is 13.0 Å². The molecule has 110 valence electrons. The topological polar surface area (TPSA) is 117 Å². The van der Waals surface area contributed by atoms with Crippen LogP contribution in [0, 0.1) is 6.92 Å². The molecule has 2 aromatic rings. The fourth-order valence-corrected chi connectivity index (χ4v) is 1.68. The molecule has 0 radical (unpaired) electrons. The zero-order chi connectivity index (χ0) is 15.2. The van der Waals surface area contributed by atoms with Gasteiger partial charge in [-0.15, -0.1) is 0 Å². The predicted octanol–water partition coefficient (Wildman–Crippen LogP) is 1.33. The van der Waals surface area contributed by atoms with E-state index >= 15 is 0 Å². The number of carbonyl (C=O) groups excluding carboxylic acids is 1. The van der Waals surface area contributed by atoms with E-state index in [4.69, 9.17) is 9.63 Å². The number of aliphatic carboxylic acids is 1. The summed E-state index contributed by atoms with van der Waals surface area (Å²) >= 11 is 0. The number of nitrogens with one attached hydrogen (secondary N) is 2. The summed E-state index contributed by atoms with van der Waals surface area (Å²) < 4.78 is 4.78. The van der Waals surface area contributed by atoms with Crippen molar-refractivity contribution in [2.24, 2.45) is 0 Å². The van der Waals surface area contributed by atoms with E-state index in [0.717, 1.165) is 0 Å². The van der Waals surface area contributed by atoms with Crippen molar-refractivity contribution in [3.8, 4) is 0 Å². The second-order valence-corrected chi connectivity index (χ2v) is 4.31. The minimum atomic E-state index is -0.927. The van der Waals surface area contributed by atoms with Crippen LogP contribution in [-0.4, -0.2) is 27.2 Å². The van der Waals surface area contributed by atoms with Gasteiger partial charge in [0.1, 0.15) is 0 Å². The second kappa shape index (κ2) is 6.51. The quantitative estimate of drug-likeness (QED) is 0.764. The molecule has 0 fully saturated rings. The Balaban J connectivity index is 1.88. The molecule has 0 aliphatic rings. The average molecular weight is 290 g/mol. The van der Waals surface area contributed by atoms with Crippen LogP contribution in [0.2, 0.25) is 0 Å². The number of benzene rings is 1. The smallest absolute Gasteiger partial charge is 0.319 e. The van der Waals surface area contributed by atoms with E-state index in [1.54, 1.807) is 31.2 Å². The van der Waals surface area contributed by atoms with Gasteiger partial charge in [-0.25, -0.2) is 4.79 Å². The number of carbonyl (C=O) groups is 2. The van der Waals surface area contributed by atoms with Crippen molar-refractivity contribution >= 4 is 17.7 Å². The summed E-state index contributed by atoms with van der Waals surface area (Å²) in [6.07, 6.45) is -0.0979. The molecule has 1 heterocycles. The molecule has 0 spiro atoms. The normalized spacial score (nSPS) is 10.1. The molecule has 0 aliphatic carbocycles. The predicted molar refractivity (Wildman–Crippen MR) is 72.7 cm³/mol. The number of hydrogen-bond acceptors (Lipinski definition) is 5. The third-order valence-electron chi connectivity index (χ3n) is 2.52. The van der Waals surface area contributed by atoms with Crippen LogP contribution in [-0.2, 0) is 17.8 Å². The molecule has 0 saturated heterocycles. The van der Waals surface area contributed by atoms with Crippen LogP contribution in [0.25, 0.3) is 0 Å². The Hall–Kier alpha value is -2.90. The number of hydrogen-bond donors (Lipinski definition) is 3. The number of carboxylic acids is 1. The molecule has 2 rings (SSSR count). The highest BCUT2D eigenvalue weighted by Crippen LogP contribution is 2.11. The maximum absolute atomic E-state index is 11.7. The summed E-state index contributed by atoms with van der Waals surface area (Å²) in [6, 6.07) is 6.19. The van der Waals surface area contributed by atoms with Crippen molar-refractivity contribution in [1.29, 1.82) is 0 Å². The number of rotatable bonds is 5. The van der Waals surface area contributed by atoms with Gasteiger partial charge in [0.15, 0.2) is 5.82 Å².